The summed E-state index contributed by atoms with van der Waals surface area (Å²) < 4.78 is 3.88. The van der Waals surface area contributed by atoms with Crippen molar-refractivity contribution >= 4 is 23.2 Å². The van der Waals surface area contributed by atoms with Crippen LogP contribution < -0.4 is 5.32 Å². The summed E-state index contributed by atoms with van der Waals surface area (Å²) in [4.78, 5) is 9.06. The third kappa shape index (κ3) is 2.38. The number of rotatable bonds is 3. The van der Waals surface area contributed by atoms with E-state index in [9.17, 15) is 0 Å². The highest BCUT2D eigenvalue weighted by molar-refractivity contribution is 5.79. The molecule has 0 saturated heterocycles. The molecule has 0 aromatic carbocycles. The van der Waals surface area contributed by atoms with Crippen LogP contribution >= 0.6 is 0 Å². The average Bonchev–Trinajstić information content (AvgIpc) is 3.35. The normalized spacial score (nSPS) is 12.7. The van der Waals surface area contributed by atoms with Crippen LogP contribution in [0.1, 0.15) is 17.0 Å². The number of allylic oxidation sites excluding steroid dienone is 1. The summed E-state index contributed by atoms with van der Waals surface area (Å²) in [6.07, 6.45) is 13.0. The van der Waals surface area contributed by atoms with Crippen LogP contribution in [0.25, 0.3) is 22.9 Å². The van der Waals surface area contributed by atoms with E-state index in [1.165, 1.54) is 5.56 Å². The van der Waals surface area contributed by atoms with Gasteiger partial charge in [0.2, 0.25) is 0 Å². The van der Waals surface area contributed by atoms with Crippen molar-refractivity contribution in [2.75, 3.05) is 5.32 Å². The van der Waals surface area contributed by atoms with Crippen molar-refractivity contribution < 1.29 is 0 Å². The number of anilines is 2. The van der Waals surface area contributed by atoms with Gasteiger partial charge in [0.25, 0.3) is 0 Å². The SMILES string of the molecule is Cc1cc(Nc2cc(-c3cnc4c(c3)CC=C4)cn3ccnc23)nn1C. The molecule has 128 valence electrons. The molecule has 1 aliphatic carbocycles. The number of aryl methyl sites for hydroxylation is 2. The topological polar surface area (TPSA) is 60.0 Å². The lowest BCUT2D eigenvalue weighted by atomic mass is 10.1. The third-order valence-corrected chi connectivity index (χ3v) is 4.81. The quantitative estimate of drug-likeness (QED) is 0.616. The molecule has 4 heterocycles. The summed E-state index contributed by atoms with van der Waals surface area (Å²) in [5.41, 5.74) is 7.41. The summed E-state index contributed by atoms with van der Waals surface area (Å²) in [6.45, 7) is 2.03. The van der Waals surface area contributed by atoms with Crippen molar-refractivity contribution in [1.82, 2.24) is 24.1 Å². The molecule has 26 heavy (non-hydrogen) atoms. The van der Waals surface area contributed by atoms with Gasteiger partial charge in [-0.3, -0.25) is 9.67 Å². The molecular formula is C20H18N6. The van der Waals surface area contributed by atoms with Crippen LogP contribution in [0.4, 0.5) is 11.5 Å². The lowest BCUT2D eigenvalue weighted by Gasteiger charge is -2.10. The first-order valence-electron chi connectivity index (χ1n) is 8.57. The zero-order valence-electron chi connectivity index (χ0n) is 14.6. The monoisotopic (exact) mass is 342 g/mol. The number of imidazole rings is 1. The molecule has 4 aromatic rings. The Labute approximate surface area is 150 Å². The van der Waals surface area contributed by atoms with E-state index < -0.39 is 0 Å². The number of fused-ring (bicyclic) bond motifs is 2. The number of hydrogen-bond acceptors (Lipinski definition) is 4. The Balaban J connectivity index is 1.61. The van der Waals surface area contributed by atoms with E-state index in [4.69, 9.17) is 0 Å². The second kappa shape index (κ2) is 5.56. The zero-order chi connectivity index (χ0) is 17.7. The third-order valence-electron chi connectivity index (χ3n) is 4.81. The van der Waals surface area contributed by atoms with E-state index in [1.807, 2.05) is 41.5 Å². The highest BCUT2D eigenvalue weighted by Gasteiger charge is 2.12. The van der Waals surface area contributed by atoms with E-state index in [1.54, 1.807) is 6.20 Å². The van der Waals surface area contributed by atoms with Crippen molar-refractivity contribution in [2.45, 2.75) is 13.3 Å². The highest BCUT2D eigenvalue weighted by Crippen LogP contribution is 2.30. The summed E-state index contributed by atoms with van der Waals surface area (Å²) in [5.74, 6) is 0.809. The Hall–Kier alpha value is -3.41. The van der Waals surface area contributed by atoms with Gasteiger partial charge in [-0.2, -0.15) is 5.10 Å². The molecule has 6 heteroatoms. The predicted molar refractivity (Wildman–Crippen MR) is 102 cm³/mol. The molecule has 0 spiro atoms. The van der Waals surface area contributed by atoms with E-state index in [0.29, 0.717) is 0 Å². The van der Waals surface area contributed by atoms with E-state index >= 15 is 0 Å². The molecule has 0 radical (unpaired) electrons. The Morgan fingerprint density at radius 2 is 2.04 bits per heavy atom. The summed E-state index contributed by atoms with van der Waals surface area (Å²) >= 11 is 0. The predicted octanol–water partition coefficient (Wildman–Crippen LogP) is 3.75. The van der Waals surface area contributed by atoms with Gasteiger partial charge in [-0.15, -0.1) is 0 Å². The largest absolute Gasteiger partial charge is 0.336 e. The second-order valence-corrected chi connectivity index (χ2v) is 6.59. The van der Waals surface area contributed by atoms with E-state index in [2.05, 4.69) is 50.9 Å². The molecule has 1 aliphatic rings. The van der Waals surface area contributed by atoms with Crippen LogP contribution in [0.15, 0.2) is 49.1 Å². The number of nitrogens with one attached hydrogen (secondary N) is 1. The van der Waals surface area contributed by atoms with Gasteiger partial charge in [-0.1, -0.05) is 6.08 Å². The van der Waals surface area contributed by atoms with Crippen LogP contribution in [0.2, 0.25) is 0 Å². The van der Waals surface area contributed by atoms with Crippen molar-refractivity contribution in [2.24, 2.45) is 7.05 Å². The van der Waals surface area contributed by atoms with Crippen LogP contribution in [0.3, 0.4) is 0 Å². The number of aromatic nitrogens is 5. The molecule has 6 nitrogen and oxygen atoms in total. The average molecular weight is 342 g/mol. The highest BCUT2D eigenvalue weighted by atomic mass is 15.3. The molecule has 0 aliphatic heterocycles. The molecule has 0 fully saturated rings. The molecule has 0 unspecified atom stereocenters. The fraction of sp³-hybridized carbons (Fsp3) is 0.150. The molecular weight excluding hydrogens is 324 g/mol. The first kappa shape index (κ1) is 14.9. The molecule has 5 rings (SSSR count). The minimum Gasteiger partial charge on any atom is -0.336 e. The van der Waals surface area contributed by atoms with Gasteiger partial charge in [-0.05, 0) is 37.1 Å². The molecule has 4 aromatic heterocycles. The molecule has 0 saturated carbocycles. The number of pyridine rings is 2. The summed E-state index contributed by atoms with van der Waals surface area (Å²) in [6, 6.07) is 6.35. The number of nitrogens with zero attached hydrogens (tertiary/aromatic N) is 5. The van der Waals surface area contributed by atoms with Gasteiger partial charge in [0, 0.05) is 54.7 Å². The van der Waals surface area contributed by atoms with E-state index in [-0.39, 0.29) is 0 Å². The minimum absolute atomic E-state index is 0.809. The lowest BCUT2D eigenvalue weighted by molar-refractivity contribution is 0.743. The minimum atomic E-state index is 0.809. The van der Waals surface area contributed by atoms with Gasteiger partial charge in [0.15, 0.2) is 11.5 Å². The van der Waals surface area contributed by atoms with Gasteiger partial charge in [0.05, 0.1) is 11.4 Å². The Bertz CT molecular complexity index is 1140. The van der Waals surface area contributed by atoms with Crippen LogP contribution in [0.5, 0.6) is 0 Å². The van der Waals surface area contributed by atoms with E-state index in [0.717, 1.165) is 46.1 Å². The first-order chi connectivity index (χ1) is 12.7. The smallest absolute Gasteiger partial charge is 0.160 e. The maximum atomic E-state index is 4.58. The van der Waals surface area contributed by atoms with Crippen LogP contribution in [0, 0.1) is 6.92 Å². The standard InChI is InChI=1S/C20H18N6/c1-13-8-19(24-25(13)2)23-18-10-16(12-26-7-6-21-20(18)26)15-9-14-4-3-5-17(14)22-11-15/h3,5-12H,4H2,1-2H3,(H,23,24). The lowest BCUT2D eigenvalue weighted by Crippen LogP contribution is -1.98. The Morgan fingerprint density at radius 1 is 1.12 bits per heavy atom. The molecule has 0 amide bonds. The summed E-state index contributed by atoms with van der Waals surface area (Å²) in [7, 11) is 1.94. The fourth-order valence-electron chi connectivity index (χ4n) is 3.33. The maximum Gasteiger partial charge on any atom is 0.160 e. The summed E-state index contributed by atoms with van der Waals surface area (Å²) in [5, 5.41) is 7.90. The van der Waals surface area contributed by atoms with Gasteiger partial charge < -0.3 is 9.72 Å². The van der Waals surface area contributed by atoms with Crippen LogP contribution in [-0.4, -0.2) is 24.1 Å². The van der Waals surface area contributed by atoms with Crippen molar-refractivity contribution in [3.8, 4) is 11.1 Å². The maximum absolute atomic E-state index is 4.58. The van der Waals surface area contributed by atoms with Gasteiger partial charge >= 0.3 is 0 Å². The Kier molecular flexibility index (Phi) is 3.18. The van der Waals surface area contributed by atoms with Crippen LogP contribution in [-0.2, 0) is 13.5 Å². The fourth-order valence-corrected chi connectivity index (χ4v) is 3.33. The zero-order valence-corrected chi connectivity index (χ0v) is 14.6. The molecule has 1 N–H and O–H groups in total. The number of hydrogen-bond donors (Lipinski definition) is 1. The van der Waals surface area contributed by atoms with Gasteiger partial charge in [0.1, 0.15) is 0 Å². The first-order valence-corrected chi connectivity index (χ1v) is 8.57. The molecule has 0 bridgehead atoms. The molecule has 0 atom stereocenters. The Morgan fingerprint density at radius 3 is 2.88 bits per heavy atom. The van der Waals surface area contributed by atoms with Gasteiger partial charge in [-0.25, -0.2) is 4.98 Å². The second-order valence-electron chi connectivity index (χ2n) is 6.59. The van der Waals surface area contributed by atoms with Crippen molar-refractivity contribution in [3.05, 3.63) is 66.0 Å². The van der Waals surface area contributed by atoms with Crippen molar-refractivity contribution in [1.29, 1.82) is 0 Å². The van der Waals surface area contributed by atoms with Crippen molar-refractivity contribution in [3.63, 3.8) is 0 Å².